The van der Waals surface area contributed by atoms with Gasteiger partial charge in [-0.3, -0.25) is 9.59 Å². The number of likely N-dealkylation sites (tertiary alicyclic amines) is 1. The average Bonchev–Trinajstić information content (AvgIpc) is 3.00. The van der Waals surface area contributed by atoms with Crippen LogP contribution in [0.4, 0.5) is 0 Å². The van der Waals surface area contributed by atoms with Crippen LogP contribution in [0.25, 0.3) is 0 Å². The fourth-order valence-corrected chi connectivity index (χ4v) is 3.27. The van der Waals surface area contributed by atoms with Gasteiger partial charge in [0.25, 0.3) is 11.8 Å². The highest BCUT2D eigenvalue weighted by Gasteiger charge is 2.40. The molecule has 2 amide bonds. The van der Waals surface area contributed by atoms with E-state index in [0.29, 0.717) is 18.5 Å². The van der Waals surface area contributed by atoms with Gasteiger partial charge in [0.2, 0.25) is 5.60 Å². The number of oxime groups is 1. The van der Waals surface area contributed by atoms with E-state index in [2.05, 4.69) is 10.5 Å². The number of nitrogens with zero attached hydrogens (tertiary/aromatic N) is 2. The molecule has 0 bridgehead atoms. The maximum Gasteiger partial charge on any atom is 0.267 e. The second kappa shape index (κ2) is 7.25. The third-order valence-corrected chi connectivity index (χ3v) is 4.77. The van der Waals surface area contributed by atoms with Crippen molar-refractivity contribution in [3.05, 3.63) is 35.4 Å². The van der Waals surface area contributed by atoms with Crippen LogP contribution in [-0.4, -0.2) is 41.1 Å². The van der Waals surface area contributed by atoms with Crippen molar-refractivity contribution < 1.29 is 14.4 Å². The van der Waals surface area contributed by atoms with E-state index in [1.54, 1.807) is 6.92 Å². The Kier molecular flexibility index (Phi) is 5.06. The molecule has 0 saturated carbocycles. The highest BCUT2D eigenvalue weighted by molar-refractivity contribution is 5.95. The Morgan fingerprint density at radius 3 is 2.48 bits per heavy atom. The van der Waals surface area contributed by atoms with Crippen LogP contribution in [0.2, 0.25) is 0 Å². The van der Waals surface area contributed by atoms with Gasteiger partial charge in [-0.15, -0.1) is 0 Å². The van der Waals surface area contributed by atoms with Gasteiger partial charge in [0.15, 0.2) is 0 Å². The molecule has 0 unspecified atom stereocenters. The molecule has 1 saturated heterocycles. The largest absolute Gasteiger partial charge is 0.379 e. The van der Waals surface area contributed by atoms with Crippen molar-refractivity contribution in [2.24, 2.45) is 5.16 Å². The number of amides is 2. The van der Waals surface area contributed by atoms with Crippen LogP contribution in [0.15, 0.2) is 29.4 Å². The van der Waals surface area contributed by atoms with E-state index in [9.17, 15) is 9.59 Å². The van der Waals surface area contributed by atoms with E-state index >= 15 is 0 Å². The lowest BCUT2D eigenvalue weighted by molar-refractivity contribution is -0.141. The summed E-state index contributed by atoms with van der Waals surface area (Å²) < 4.78 is 0. The first-order valence-electron chi connectivity index (χ1n) is 8.86. The summed E-state index contributed by atoms with van der Waals surface area (Å²) in [5, 5.41) is 6.74. The molecule has 0 radical (unpaired) electrons. The second-order valence-corrected chi connectivity index (χ2v) is 7.06. The first kappa shape index (κ1) is 17.5. The normalized spacial score (nSPS) is 23.0. The zero-order valence-corrected chi connectivity index (χ0v) is 14.9. The van der Waals surface area contributed by atoms with Crippen LogP contribution < -0.4 is 5.32 Å². The van der Waals surface area contributed by atoms with Crippen molar-refractivity contribution >= 4 is 17.5 Å². The zero-order chi connectivity index (χ0) is 17.9. The summed E-state index contributed by atoms with van der Waals surface area (Å²) in [5.41, 5.74) is 1.54. The highest BCUT2D eigenvalue weighted by atomic mass is 16.7. The van der Waals surface area contributed by atoms with Gasteiger partial charge in [0.1, 0.15) is 0 Å². The lowest BCUT2D eigenvalue weighted by Gasteiger charge is -2.26. The van der Waals surface area contributed by atoms with Crippen LogP contribution in [0, 0.1) is 0 Å². The summed E-state index contributed by atoms with van der Waals surface area (Å²) in [6.45, 7) is 5.67. The lowest BCUT2D eigenvalue weighted by atomic mass is 9.99. The fraction of sp³-hybridized carbons (Fsp3) is 0.526. The van der Waals surface area contributed by atoms with Gasteiger partial charge in [-0.05, 0) is 50.8 Å². The minimum atomic E-state index is -0.922. The summed E-state index contributed by atoms with van der Waals surface area (Å²) in [6.07, 6.45) is 3.87. The molecule has 1 fully saturated rings. The Morgan fingerprint density at radius 1 is 1.20 bits per heavy atom. The SMILES string of the molecule is CC1=NO[C@@](C)(C(=O)NCc2ccc(C(=O)N3CCCCC3)cc2)C1. The molecule has 25 heavy (non-hydrogen) atoms. The van der Waals surface area contributed by atoms with Crippen LogP contribution >= 0.6 is 0 Å². The zero-order valence-electron chi connectivity index (χ0n) is 14.9. The van der Waals surface area contributed by atoms with E-state index in [1.807, 2.05) is 36.1 Å². The van der Waals surface area contributed by atoms with E-state index in [-0.39, 0.29) is 11.8 Å². The first-order chi connectivity index (χ1) is 12.0. The Bertz CT molecular complexity index is 678. The van der Waals surface area contributed by atoms with Crippen LogP contribution in [0.1, 0.15) is 55.5 Å². The number of hydrogen-bond donors (Lipinski definition) is 1. The minimum absolute atomic E-state index is 0.0924. The smallest absolute Gasteiger partial charge is 0.267 e. The molecule has 0 aromatic heterocycles. The number of piperidine rings is 1. The molecule has 6 nitrogen and oxygen atoms in total. The number of rotatable bonds is 4. The van der Waals surface area contributed by atoms with Gasteiger partial charge in [-0.1, -0.05) is 17.3 Å². The minimum Gasteiger partial charge on any atom is -0.379 e. The Hall–Kier alpha value is -2.37. The number of carbonyl (C=O) groups excluding carboxylic acids is 2. The van der Waals surface area contributed by atoms with Gasteiger partial charge in [-0.25, -0.2) is 0 Å². The molecule has 1 atom stereocenters. The van der Waals surface area contributed by atoms with Crippen LogP contribution in [0.3, 0.4) is 0 Å². The number of benzene rings is 1. The monoisotopic (exact) mass is 343 g/mol. The molecule has 2 heterocycles. The molecule has 2 aliphatic rings. The van der Waals surface area contributed by atoms with Crippen molar-refractivity contribution in [2.45, 2.75) is 51.7 Å². The molecule has 6 heteroatoms. The molecule has 3 rings (SSSR count). The maximum absolute atomic E-state index is 12.5. The standard InChI is InChI=1S/C19H25N3O3/c1-14-12-19(2,25-21-14)18(24)20-13-15-6-8-16(9-7-15)17(23)22-10-4-3-5-11-22/h6-9H,3-5,10-13H2,1-2H3,(H,20,24)/t19-/m1/s1. The van der Waals surface area contributed by atoms with E-state index in [0.717, 1.165) is 37.2 Å². The Balaban J connectivity index is 1.54. The first-order valence-corrected chi connectivity index (χ1v) is 8.86. The van der Waals surface area contributed by atoms with Gasteiger partial charge in [0, 0.05) is 31.6 Å². The number of carbonyl (C=O) groups is 2. The highest BCUT2D eigenvalue weighted by Crippen LogP contribution is 2.23. The third-order valence-electron chi connectivity index (χ3n) is 4.77. The van der Waals surface area contributed by atoms with Gasteiger partial charge in [-0.2, -0.15) is 0 Å². The molecule has 1 aromatic rings. The predicted octanol–water partition coefficient (Wildman–Crippen LogP) is 2.48. The van der Waals surface area contributed by atoms with Gasteiger partial charge < -0.3 is 15.1 Å². The van der Waals surface area contributed by atoms with Crippen molar-refractivity contribution in [2.75, 3.05) is 13.1 Å². The second-order valence-electron chi connectivity index (χ2n) is 7.06. The summed E-state index contributed by atoms with van der Waals surface area (Å²) in [7, 11) is 0. The lowest BCUT2D eigenvalue weighted by Crippen LogP contribution is -2.44. The van der Waals surface area contributed by atoms with Gasteiger partial charge >= 0.3 is 0 Å². The number of hydrogen-bond acceptors (Lipinski definition) is 4. The van der Waals surface area contributed by atoms with Gasteiger partial charge in [0.05, 0.1) is 5.71 Å². The summed E-state index contributed by atoms with van der Waals surface area (Å²) >= 11 is 0. The van der Waals surface area contributed by atoms with Crippen molar-refractivity contribution in [1.82, 2.24) is 10.2 Å². The van der Waals surface area contributed by atoms with Crippen molar-refractivity contribution in [3.8, 4) is 0 Å². The molecule has 0 aliphatic carbocycles. The molecular formula is C19H25N3O3. The van der Waals surface area contributed by atoms with Crippen LogP contribution in [-0.2, 0) is 16.2 Å². The fourth-order valence-electron chi connectivity index (χ4n) is 3.27. The molecule has 134 valence electrons. The summed E-state index contributed by atoms with van der Waals surface area (Å²) in [6, 6.07) is 7.44. The maximum atomic E-state index is 12.5. The predicted molar refractivity (Wildman–Crippen MR) is 95.3 cm³/mol. The third kappa shape index (κ3) is 4.00. The Morgan fingerprint density at radius 2 is 1.88 bits per heavy atom. The topological polar surface area (TPSA) is 71.0 Å². The number of nitrogens with one attached hydrogen (secondary N) is 1. The van der Waals surface area contributed by atoms with E-state index in [1.165, 1.54) is 6.42 Å². The van der Waals surface area contributed by atoms with E-state index < -0.39 is 5.60 Å². The molecular weight excluding hydrogens is 318 g/mol. The van der Waals surface area contributed by atoms with Crippen LogP contribution in [0.5, 0.6) is 0 Å². The van der Waals surface area contributed by atoms with E-state index in [4.69, 9.17) is 4.84 Å². The average molecular weight is 343 g/mol. The quantitative estimate of drug-likeness (QED) is 0.913. The molecule has 1 N–H and O–H groups in total. The Labute approximate surface area is 148 Å². The molecule has 2 aliphatic heterocycles. The molecule has 1 aromatic carbocycles. The molecule has 0 spiro atoms. The summed E-state index contributed by atoms with van der Waals surface area (Å²) in [5.74, 6) is -0.0867. The van der Waals surface area contributed by atoms with Crippen molar-refractivity contribution in [1.29, 1.82) is 0 Å². The summed E-state index contributed by atoms with van der Waals surface area (Å²) in [4.78, 5) is 31.9. The van der Waals surface area contributed by atoms with Crippen molar-refractivity contribution in [3.63, 3.8) is 0 Å².